The Labute approximate surface area is 96.7 Å². The van der Waals surface area contributed by atoms with Crippen LogP contribution in [0, 0.1) is 11.3 Å². The summed E-state index contributed by atoms with van der Waals surface area (Å²) in [5, 5.41) is 12.3. The summed E-state index contributed by atoms with van der Waals surface area (Å²) in [5.41, 5.74) is 1.94. The Hall–Kier alpha value is -1.37. The lowest BCUT2D eigenvalue weighted by Gasteiger charge is -2.37. The number of hydrogen-bond donors (Lipinski definition) is 1. The van der Waals surface area contributed by atoms with Gasteiger partial charge in [0.25, 0.3) is 0 Å². The van der Waals surface area contributed by atoms with Crippen LogP contribution in [-0.2, 0) is 6.54 Å². The van der Waals surface area contributed by atoms with Crippen LogP contribution in [-0.4, -0.2) is 30.6 Å². The molecule has 0 spiro atoms. The predicted molar refractivity (Wildman–Crippen MR) is 63.9 cm³/mol. The number of likely N-dealkylation sites (N-methyl/N-ethyl adjacent to an activating group) is 1. The summed E-state index contributed by atoms with van der Waals surface area (Å²) in [5.74, 6) is 0. The minimum absolute atomic E-state index is 0.636. The first-order valence-electron chi connectivity index (χ1n) is 5.78. The third kappa shape index (κ3) is 2.24. The Kier molecular flexibility index (Phi) is 3.55. The molecule has 84 valence electrons. The molecule has 0 unspecified atom stereocenters. The molecule has 1 heterocycles. The Morgan fingerprint density at radius 3 is 2.75 bits per heavy atom. The first-order valence-corrected chi connectivity index (χ1v) is 5.78. The van der Waals surface area contributed by atoms with Gasteiger partial charge in [-0.05, 0) is 18.2 Å². The van der Waals surface area contributed by atoms with Gasteiger partial charge >= 0.3 is 0 Å². The second-order valence-corrected chi connectivity index (χ2v) is 4.14. The summed E-state index contributed by atoms with van der Waals surface area (Å²) in [7, 11) is 0. The third-order valence-electron chi connectivity index (χ3n) is 3.19. The highest BCUT2D eigenvalue weighted by Crippen LogP contribution is 2.14. The van der Waals surface area contributed by atoms with E-state index >= 15 is 0 Å². The second-order valence-electron chi connectivity index (χ2n) is 4.14. The lowest BCUT2D eigenvalue weighted by Crippen LogP contribution is -2.56. The Balaban J connectivity index is 2.09. The Bertz CT molecular complexity index is 390. The number of rotatable bonds is 4. The Morgan fingerprint density at radius 1 is 1.44 bits per heavy atom. The maximum atomic E-state index is 9.03. The van der Waals surface area contributed by atoms with Crippen molar-refractivity contribution in [2.24, 2.45) is 0 Å². The van der Waals surface area contributed by atoms with Crippen LogP contribution >= 0.6 is 0 Å². The quantitative estimate of drug-likeness (QED) is 0.824. The van der Waals surface area contributed by atoms with Gasteiger partial charge in [0.15, 0.2) is 0 Å². The van der Waals surface area contributed by atoms with Crippen molar-refractivity contribution in [3.63, 3.8) is 0 Å². The van der Waals surface area contributed by atoms with E-state index in [9.17, 15) is 0 Å². The maximum Gasteiger partial charge on any atom is 0.0995 e. The highest BCUT2D eigenvalue weighted by molar-refractivity contribution is 5.37. The zero-order chi connectivity index (χ0) is 11.4. The molecule has 0 bridgehead atoms. The summed E-state index contributed by atoms with van der Waals surface area (Å²) < 4.78 is 0. The molecule has 0 amide bonds. The van der Waals surface area contributed by atoms with Crippen molar-refractivity contribution in [3.05, 3.63) is 35.4 Å². The molecule has 0 radical (unpaired) electrons. The van der Waals surface area contributed by atoms with Crippen molar-refractivity contribution in [3.8, 4) is 6.07 Å². The van der Waals surface area contributed by atoms with Gasteiger partial charge in [-0.3, -0.25) is 4.90 Å². The Morgan fingerprint density at radius 2 is 2.19 bits per heavy atom. The summed E-state index contributed by atoms with van der Waals surface area (Å²) in [6.07, 6.45) is 0. The normalized spacial score (nSPS) is 15.8. The molecule has 3 heteroatoms. The van der Waals surface area contributed by atoms with Crippen LogP contribution in [0.15, 0.2) is 24.3 Å². The van der Waals surface area contributed by atoms with Crippen LogP contribution in [0.25, 0.3) is 0 Å². The molecule has 1 aromatic carbocycles. The third-order valence-corrected chi connectivity index (χ3v) is 3.19. The number of nitriles is 1. The fraction of sp³-hybridized carbons (Fsp3) is 0.462. The fourth-order valence-corrected chi connectivity index (χ4v) is 2.02. The summed E-state index contributed by atoms with van der Waals surface area (Å²) in [6, 6.07) is 10.8. The zero-order valence-electron chi connectivity index (χ0n) is 9.61. The standard InChI is InChI=1S/C13H17N3/c1-2-16(13-8-15-9-13)10-12-6-4-3-5-11(12)7-14/h3-6,13,15H,2,8-10H2,1H3. The number of nitrogens with zero attached hydrogens (tertiary/aromatic N) is 2. The van der Waals surface area contributed by atoms with Gasteiger partial charge in [0.2, 0.25) is 0 Å². The zero-order valence-corrected chi connectivity index (χ0v) is 9.61. The van der Waals surface area contributed by atoms with Gasteiger partial charge in [-0.25, -0.2) is 0 Å². The molecule has 1 fully saturated rings. The molecule has 1 aliphatic rings. The number of benzene rings is 1. The molecule has 1 N–H and O–H groups in total. The van der Waals surface area contributed by atoms with Gasteiger partial charge in [-0.15, -0.1) is 0 Å². The number of nitrogens with one attached hydrogen (secondary N) is 1. The van der Waals surface area contributed by atoms with E-state index in [4.69, 9.17) is 5.26 Å². The monoisotopic (exact) mass is 215 g/mol. The summed E-state index contributed by atoms with van der Waals surface area (Å²) in [4.78, 5) is 2.42. The second kappa shape index (κ2) is 5.11. The topological polar surface area (TPSA) is 39.1 Å². The SMILES string of the molecule is CCN(Cc1ccccc1C#N)C1CNC1. The van der Waals surface area contributed by atoms with Gasteiger partial charge in [-0.2, -0.15) is 5.26 Å². The first-order chi connectivity index (χ1) is 7.85. The molecule has 0 atom stereocenters. The molecule has 1 aliphatic heterocycles. The van der Waals surface area contributed by atoms with Gasteiger partial charge in [-0.1, -0.05) is 25.1 Å². The first kappa shape index (κ1) is 11.1. The van der Waals surface area contributed by atoms with Crippen molar-refractivity contribution < 1.29 is 0 Å². The molecule has 0 aliphatic carbocycles. The average molecular weight is 215 g/mol. The molecule has 0 saturated carbocycles. The van der Waals surface area contributed by atoms with Crippen LogP contribution in [0.3, 0.4) is 0 Å². The van der Waals surface area contributed by atoms with E-state index in [1.165, 1.54) is 0 Å². The van der Waals surface area contributed by atoms with Gasteiger partial charge in [0, 0.05) is 25.7 Å². The van der Waals surface area contributed by atoms with E-state index in [1.54, 1.807) is 0 Å². The molecular weight excluding hydrogens is 198 g/mol. The molecule has 3 nitrogen and oxygen atoms in total. The van der Waals surface area contributed by atoms with Crippen LogP contribution in [0.2, 0.25) is 0 Å². The summed E-state index contributed by atoms with van der Waals surface area (Å²) >= 11 is 0. The highest BCUT2D eigenvalue weighted by atomic mass is 15.2. The smallest absolute Gasteiger partial charge is 0.0995 e. The maximum absolute atomic E-state index is 9.03. The molecule has 1 aromatic rings. The minimum atomic E-state index is 0.636. The molecule has 2 rings (SSSR count). The van der Waals surface area contributed by atoms with Crippen molar-refractivity contribution in [2.45, 2.75) is 19.5 Å². The average Bonchev–Trinajstić information content (AvgIpc) is 2.26. The minimum Gasteiger partial charge on any atom is -0.314 e. The van der Waals surface area contributed by atoms with E-state index in [2.05, 4.69) is 23.2 Å². The van der Waals surface area contributed by atoms with E-state index in [1.807, 2.05) is 24.3 Å². The van der Waals surface area contributed by atoms with Gasteiger partial charge in [0.1, 0.15) is 0 Å². The van der Waals surface area contributed by atoms with Gasteiger partial charge < -0.3 is 5.32 Å². The number of hydrogen-bond acceptors (Lipinski definition) is 3. The fourth-order valence-electron chi connectivity index (χ4n) is 2.02. The largest absolute Gasteiger partial charge is 0.314 e. The van der Waals surface area contributed by atoms with E-state index in [0.717, 1.165) is 37.3 Å². The lowest BCUT2D eigenvalue weighted by molar-refractivity contribution is 0.145. The van der Waals surface area contributed by atoms with Crippen molar-refractivity contribution in [1.82, 2.24) is 10.2 Å². The van der Waals surface area contributed by atoms with Crippen LogP contribution in [0.5, 0.6) is 0 Å². The molecule has 0 aromatic heterocycles. The van der Waals surface area contributed by atoms with E-state index in [0.29, 0.717) is 6.04 Å². The van der Waals surface area contributed by atoms with Crippen molar-refractivity contribution in [2.75, 3.05) is 19.6 Å². The van der Waals surface area contributed by atoms with E-state index in [-0.39, 0.29) is 0 Å². The molecule has 1 saturated heterocycles. The molecular formula is C13H17N3. The van der Waals surface area contributed by atoms with Crippen LogP contribution in [0.4, 0.5) is 0 Å². The molecule has 16 heavy (non-hydrogen) atoms. The lowest BCUT2D eigenvalue weighted by atomic mass is 10.1. The predicted octanol–water partition coefficient (Wildman–Crippen LogP) is 1.35. The summed E-state index contributed by atoms with van der Waals surface area (Å²) in [6.45, 7) is 6.23. The van der Waals surface area contributed by atoms with Crippen LogP contribution < -0.4 is 5.32 Å². The highest BCUT2D eigenvalue weighted by Gasteiger charge is 2.23. The van der Waals surface area contributed by atoms with Crippen molar-refractivity contribution >= 4 is 0 Å². The van der Waals surface area contributed by atoms with Gasteiger partial charge in [0.05, 0.1) is 11.6 Å². The van der Waals surface area contributed by atoms with Crippen LogP contribution in [0.1, 0.15) is 18.1 Å². The van der Waals surface area contributed by atoms with Crippen molar-refractivity contribution in [1.29, 1.82) is 5.26 Å². The van der Waals surface area contributed by atoms with E-state index < -0.39 is 0 Å².